The van der Waals surface area contributed by atoms with Gasteiger partial charge < -0.3 is 0 Å². The Labute approximate surface area is 116 Å². The van der Waals surface area contributed by atoms with Crippen LogP contribution < -0.4 is 0 Å². The third-order valence-corrected chi connectivity index (χ3v) is 2.80. The molecule has 0 amide bonds. The van der Waals surface area contributed by atoms with Gasteiger partial charge in [0.2, 0.25) is 0 Å². The van der Waals surface area contributed by atoms with Crippen LogP contribution in [0, 0.1) is 11.8 Å². The lowest BCUT2D eigenvalue weighted by atomic mass is 9.95. The van der Waals surface area contributed by atoms with E-state index >= 15 is 0 Å². The Morgan fingerprint density at radius 1 is 0.850 bits per heavy atom. The van der Waals surface area contributed by atoms with Crippen molar-refractivity contribution in [1.82, 2.24) is 0 Å². The molecule has 0 bridgehead atoms. The van der Waals surface area contributed by atoms with E-state index < -0.39 is 18.5 Å². The number of benzene rings is 2. The van der Waals surface area contributed by atoms with E-state index in [0.29, 0.717) is 5.56 Å². The highest BCUT2D eigenvalue weighted by Gasteiger charge is 2.31. The van der Waals surface area contributed by atoms with E-state index in [1.54, 1.807) is 42.5 Å². The first-order valence-corrected chi connectivity index (χ1v) is 6.23. The predicted molar refractivity (Wildman–Crippen MR) is 73.2 cm³/mol. The number of hydrogen-bond donors (Lipinski definition) is 0. The van der Waals surface area contributed by atoms with Crippen LogP contribution in [0.15, 0.2) is 60.7 Å². The van der Waals surface area contributed by atoms with E-state index in [1.165, 1.54) is 0 Å². The van der Waals surface area contributed by atoms with E-state index in [0.717, 1.165) is 5.56 Å². The molecular formula is C17H13F3. The summed E-state index contributed by atoms with van der Waals surface area (Å²) < 4.78 is 37.9. The zero-order chi connectivity index (χ0) is 14.4. The number of rotatable bonds is 2. The van der Waals surface area contributed by atoms with Gasteiger partial charge in [0.25, 0.3) is 0 Å². The molecule has 1 atom stereocenters. The maximum atomic E-state index is 12.6. The quantitative estimate of drug-likeness (QED) is 0.692. The van der Waals surface area contributed by atoms with E-state index in [-0.39, 0.29) is 0 Å². The maximum absolute atomic E-state index is 12.6. The minimum atomic E-state index is -4.23. The second kappa shape index (κ2) is 6.29. The Balaban J connectivity index is 2.26. The third-order valence-electron chi connectivity index (χ3n) is 2.80. The Morgan fingerprint density at radius 2 is 1.40 bits per heavy atom. The fraction of sp³-hybridized carbons (Fsp3) is 0.176. The second-order valence-corrected chi connectivity index (χ2v) is 4.42. The Hall–Kier alpha value is -2.21. The highest BCUT2D eigenvalue weighted by molar-refractivity contribution is 5.37. The highest BCUT2D eigenvalue weighted by atomic mass is 19.4. The van der Waals surface area contributed by atoms with Gasteiger partial charge in [0, 0.05) is 5.56 Å². The standard InChI is InChI=1S/C17H13F3/c18-17(19,20)13-16(15-9-5-2-6-10-15)12-11-14-7-3-1-4-8-14/h1-10,16H,13H2. The van der Waals surface area contributed by atoms with Gasteiger partial charge in [-0.05, 0) is 17.7 Å². The van der Waals surface area contributed by atoms with Crippen LogP contribution in [0.2, 0.25) is 0 Å². The Morgan fingerprint density at radius 3 is 1.95 bits per heavy atom. The molecule has 2 rings (SSSR count). The lowest BCUT2D eigenvalue weighted by molar-refractivity contribution is -0.136. The first-order valence-electron chi connectivity index (χ1n) is 6.23. The van der Waals surface area contributed by atoms with E-state index in [2.05, 4.69) is 11.8 Å². The zero-order valence-electron chi connectivity index (χ0n) is 10.7. The number of hydrogen-bond acceptors (Lipinski definition) is 0. The molecular weight excluding hydrogens is 261 g/mol. The lowest BCUT2D eigenvalue weighted by Crippen LogP contribution is -2.13. The SMILES string of the molecule is FC(F)(F)CC(C#Cc1ccccc1)c1ccccc1. The smallest absolute Gasteiger partial charge is 0.171 e. The van der Waals surface area contributed by atoms with Gasteiger partial charge in [0.15, 0.2) is 0 Å². The highest BCUT2D eigenvalue weighted by Crippen LogP contribution is 2.30. The monoisotopic (exact) mass is 274 g/mol. The molecule has 0 spiro atoms. The molecule has 0 aliphatic rings. The van der Waals surface area contributed by atoms with Crippen molar-refractivity contribution < 1.29 is 13.2 Å². The number of halogens is 3. The van der Waals surface area contributed by atoms with Crippen LogP contribution in [0.25, 0.3) is 0 Å². The molecule has 102 valence electrons. The average molecular weight is 274 g/mol. The van der Waals surface area contributed by atoms with Crippen molar-refractivity contribution in [2.75, 3.05) is 0 Å². The van der Waals surface area contributed by atoms with Crippen molar-refractivity contribution in [3.63, 3.8) is 0 Å². The van der Waals surface area contributed by atoms with Gasteiger partial charge in [0.1, 0.15) is 0 Å². The third kappa shape index (κ3) is 4.47. The maximum Gasteiger partial charge on any atom is 0.390 e. The zero-order valence-corrected chi connectivity index (χ0v) is 10.7. The Kier molecular flexibility index (Phi) is 4.47. The summed E-state index contributed by atoms with van der Waals surface area (Å²) in [5.74, 6) is 4.72. The Bertz CT molecular complexity index is 589. The van der Waals surface area contributed by atoms with E-state index in [1.807, 2.05) is 18.2 Å². The van der Waals surface area contributed by atoms with Crippen LogP contribution in [0.1, 0.15) is 23.5 Å². The molecule has 0 N–H and O–H groups in total. The fourth-order valence-electron chi connectivity index (χ4n) is 1.86. The minimum absolute atomic E-state index is 0.591. The van der Waals surface area contributed by atoms with Crippen molar-refractivity contribution in [3.05, 3.63) is 71.8 Å². The van der Waals surface area contributed by atoms with Gasteiger partial charge in [-0.15, -0.1) is 0 Å². The summed E-state index contributed by atoms with van der Waals surface area (Å²) in [5, 5.41) is 0. The molecule has 0 aromatic heterocycles. The van der Waals surface area contributed by atoms with Gasteiger partial charge in [-0.25, -0.2) is 0 Å². The van der Waals surface area contributed by atoms with Crippen molar-refractivity contribution in [2.45, 2.75) is 18.5 Å². The molecule has 0 saturated heterocycles. The summed E-state index contributed by atoms with van der Waals surface area (Å²) in [7, 11) is 0. The first kappa shape index (κ1) is 14.2. The van der Waals surface area contributed by atoms with Gasteiger partial charge >= 0.3 is 6.18 Å². The van der Waals surface area contributed by atoms with Gasteiger partial charge in [-0.3, -0.25) is 0 Å². The van der Waals surface area contributed by atoms with Gasteiger partial charge in [-0.2, -0.15) is 13.2 Å². The summed E-state index contributed by atoms with van der Waals surface area (Å²) >= 11 is 0. The summed E-state index contributed by atoms with van der Waals surface area (Å²) in [5.41, 5.74) is 1.31. The van der Waals surface area contributed by atoms with Crippen LogP contribution in [0.5, 0.6) is 0 Å². The van der Waals surface area contributed by atoms with Gasteiger partial charge in [-0.1, -0.05) is 60.4 Å². The summed E-state index contributed by atoms with van der Waals surface area (Å²) in [4.78, 5) is 0. The lowest BCUT2D eigenvalue weighted by Gasteiger charge is -2.13. The van der Waals surface area contributed by atoms with Crippen molar-refractivity contribution in [1.29, 1.82) is 0 Å². The minimum Gasteiger partial charge on any atom is -0.171 e. The summed E-state index contributed by atoms with van der Waals surface area (Å²) in [6.45, 7) is 0. The molecule has 0 aliphatic heterocycles. The van der Waals surface area contributed by atoms with Crippen LogP contribution in [-0.2, 0) is 0 Å². The van der Waals surface area contributed by atoms with Crippen molar-refractivity contribution in [2.24, 2.45) is 0 Å². The van der Waals surface area contributed by atoms with Crippen LogP contribution >= 0.6 is 0 Å². The molecule has 0 aliphatic carbocycles. The molecule has 0 fully saturated rings. The molecule has 0 heterocycles. The van der Waals surface area contributed by atoms with Crippen LogP contribution in [0.3, 0.4) is 0 Å². The van der Waals surface area contributed by atoms with Crippen LogP contribution in [-0.4, -0.2) is 6.18 Å². The molecule has 2 aromatic carbocycles. The molecule has 3 heteroatoms. The van der Waals surface area contributed by atoms with E-state index in [4.69, 9.17) is 0 Å². The fourth-order valence-corrected chi connectivity index (χ4v) is 1.86. The molecule has 0 radical (unpaired) electrons. The molecule has 2 aromatic rings. The summed E-state index contributed by atoms with van der Waals surface area (Å²) in [6, 6.07) is 17.6. The molecule has 0 saturated carbocycles. The van der Waals surface area contributed by atoms with Gasteiger partial charge in [0.05, 0.1) is 12.3 Å². The number of alkyl halides is 3. The van der Waals surface area contributed by atoms with E-state index in [9.17, 15) is 13.2 Å². The molecule has 0 nitrogen and oxygen atoms in total. The second-order valence-electron chi connectivity index (χ2n) is 4.42. The predicted octanol–water partition coefficient (Wildman–Crippen LogP) is 4.77. The van der Waals surface area contributed by atoms with Crippen LogP contribution in [0.4, 0.5) is 13.2 Å². The average Bonchev–Trinajstić information content (AvgIpc) is 2.44. The molecule has 1 unspecified atom stereocenters. The van der Waals surface area contributed by atoms with Crippen molar-refractivity contribution in [3.8, 4) is 11.8 Å². The van der Waals surface area contributed by atoms with Crippen molar-refractivity contribution >= 4 is 0 Å². The largest absolute Gasteiger partial charge is 0.390 e. The normalized spacial score (nSPS) is 12.3. The first-order chi connectivity index (χ1) is 9.54. The summed E-state index contributed by atoms with van der Waals surface area (Å²) in [6.07, 6.45) is -5.16. The molecule has 20 heavy (non-hydrogen) atoms. The topological polar surface area (TPSA) is 0 Å².